The lowest BCUT2D eigenvalue weighted by molar-refractivity contribution is -0.121. The molecule has 0 spiro atoms. The number of carbonyl (C=O) groups excluding carboxylic acids is 1. The standard InChI is InChI=1S/C15H16N6OS/c1-11-18-14(9-23-11)13-4-2-12(3-5-13)6-7-16-15(22)8-21-10-17-19-20-21/h2-5,9-10H,6-8H2,1H3,(H,16,22). The molecule has 0 saturated heterocycles. The maximum atomic E-state index is 11.7. The predicted molar refractivity (Wildman–Crippen MR) is 86.8 cm³/mol. The van der Waals surface area contributed by atoms with Gasteiger partial charge in [0.1, 0.15) is 12.9 Å². The number of tetrazole rings is 1. The summed E-state index contributed by atoms with van der Waals surface area (Å²) >= 11 is 1.65. The van der Waals surface area contributed by atoms with Gasteiger partial charge in [0.05, 0.1) is 10.7 Å². The Balaban J connectivity index is 1.48. The summed E-state index contributed by atoms with van der Waals surface area (Å²) in [5, 5.41) is 16.6. The molecular weight excluding hydrogens is 312 g/mol. The van der Waals surface area contributed by atoms with Crippen LogP contribution in [0.5, 0.6) is 0 Å². The van der Waals surface area contributed by atoms with Crippen molar-refractivity contribution in [2.75, 3.05) is 6.54 Å². The van der Waals surface area contributed by atoms with Gasteiger partial charge in [0.25, 0.3) is 0 Å². The van der Waals surface area contributed by atoms with E-state index in [1.807, 2.05) is 6.92 Å². The summed E-state index contributed by atoms with van der Waals surface area (Å²) in [6.07, 6.45) is 2.19. The van der Waals surface area contributed by atoms with Gasteiger partial charge in [0, 0.05) is 17.5 Å². The van der Waals surface area contributed by atoms with Crippen molar-refractivity contribution in [1.82, 2.24) is 30.5 Å². The topological polar surface area (TPSA) is 85.6 Å². The first-order valence-corrected chi connectivity index (χ1v) is 8.07. The van der Waals surface area contributed by atoms with Gasteiger partial charge >= 0.3 is 0 Å². The number of nitrogens with zero attached hydrogens (tertiary/aromatic N) is 5. The lowest BCUT2D eigenvalue weighted by Gasteiger charge is -2.05. The molecule has 0 saturated carbocycles. The second-order valence-corrected chi connectivity index (χ2v) is 6.12. The minimum Gasteiger partial charge on any atom is -0.354 e. The van der Waals surface area contributed by atoms with E-state index in [0.29, 0.717) is 6.54 Å². The normalized spacial score (nSPS) is 10.7. The van der Waals surface area contributed by atoms with Crippen molar-refractivity contribution >= 4 is 17.2 Å². The van der Waals surface area contributed by atoms with E-state index in [2.05, 4.69) is 55.5 Å². The third-order valence-electron chi connectivity index (χ3n) is 3.30. The fourth-order valence-electron chi connectivity index (χ4n) is 2.14. The lowest BCUT2D eigenvalue weighted by Crippen LogP contribution is -2.29. The molecule has 0 unspecified atom stereocenters. The van der Waals surface area contributed by atoms with E-state index >= 15 is 0 Å². The van der Waals surface area contributed by atoms with Gasteiger partial charge < -0.3 is 5.32 Å². The van der Waals surface area contributed by atoms with Gasteiger partial charge in [-0.15, -0.1) is 16.4 Å². The molecule has 8 heteroatoms. The number of amides is 1. The van der Waals surface area contributed by atoms with Gasteiger partial charge in [-0.1, -0.05) is 24.3 Å². The number of rotatable bonds is 6. The van der Waals surface area contributed by atoms with Crippen LogP contribution in [0.4, 0.5) is 0 Å². The van der Waals surface area contributed by atoms with E-state index in [9.17, 15) is 4.79 Å². The van der Waals surface area contributed by atoms with Crippen LogP contribution in [0.1, 0.15) is 10.6 Å². The minimum atomic E-state index is -0.105. The molecule has 0 atom stereocenters. The number of hydrogen-bond donors (Lipinski definition) is 1. The highest BCUT2D eigenvalue weighted by atomic mass is 32.1. The number of aryl methyl sites for hydroxylation is 1. The van der Waals surface area contributed by atoms with Crippen molar-refractivity contribution in [1.29, 1.82) is 0 Å². The van der Waals surface area contributed by atoms with Gasteiger partial charge in [-0.3, -0.25) is 4.79 Å². The monoisotopic (exact) mass is 328 g/mol. The Morgan fingerprint density at radius 2 is 2.13 bits per heavy atom. The van der Waals surface area contributed by atoms with Crippen molar-refractivity contribution in [2.45, 2.75) is 19.9 Å². The van der Waals surface area contributed by atoms with E-state index in [-0.39, 0.29) is 12.5 Å². The van der Waals surface area contributed by atoms with Crippen LogP contribution >= 0.6 is 11.3 Å². The SMILES string of the molecule is Cc1nc(-c2ccc(CCNC(=O)Cn3cnnn3)cc2)cs1. The zero-order chi connectivity index (χ0) is 16.1. The van der Waals surface area contributed by atoms with E-state index < -0.39 is 0 Å². The number of nitrogens with one attached hydrogen (secondary N) is 1. The predicted octanol–water partition coefficient (Wildman–Crippen LogP) is 1.46. The number of hydrogen-bond acceptors (Lipinski definition) is 6. The molecule has 3 rings (SSSR count). The molecule has 0 radical (unpaired) electrons. The maximum absolute atomic E-state index is 11.7. The van der Waals surface area contributed by atoms with Crippen LogP contribution in [0.2, 0.25) is 0 Å². The van der Waals surface area contributed by atoms with Gasteiger partial charge in [-0.25, -0.2) is 9.67 Å². The van der Waals surface area contributed by atoms with Crippen LogP contribution < -0.4 is 5.32 Å². The number of benzene rings is 1. The smallest absolute Gasteiger partial charge is 0.241 e. The summed E-state index contributed by atoms with van der Waals surface area (Å²) in [5.74, 6) is -0.105. The van der Waals surface area contributed by atoms with Gasteiger partial charge in [0.15, 0.2) is 0 Å². The largest absolute Gasteiger partial charge is 0.354 e. The van der Waals surface area contributed by atoms with Crippen molar-refractivity contribution in [2.24, 2.45) is 0 Å². The second kappa shape index (κ2) is 7.10. The molecule has 0 bridgehead atoms. The van der Waals surface area contributed by atoms with Crippen LogP contribution in [-0.2, 0) is 17.8 Å². The number of aromatic nitrogens is 5. The third kappa shape index (κ3) is 4.19. The molecular formula is C15H16N6OS. The van der Waals surface area contributed by atoms with E-state index in [4.69, 9.17) is 0 Å². The summed E-state index contributed by atoms with van der Waals surface area (Å²) in [7, 11) is 0. The molecule has 0 aliphatic rings. The van der Waals surface area contributed by atoms with Crippen LogP contribution in [-0.4, -0.2) is 37.6 Å². The first kappa shape index (κ1) is 15.3. The van der Waals surface area contributed by atoms with Crippen LogP contribution in [0.15, 0.2) is 36.0 Å². The number of carbonyl (C=O) groups is 1. The van der Waals surface area contributed by atoms with Crippen LogP contribution in [0, 0.1) is 6.92 Å². The molecule has 0 aliphatic heterocycles. The fourth-order valence-corrected chi connectivity index (χ4v) is 2.76. The summed E-state index contributed by atoms with van der Waals surface area (Å²) in [5.41, 5.74) is 3.29. The minimum absolute atomic E-state index is 0.105. The zero-order valence-electron chi connectivity index (χ0n) is 12.6. The van der Waals surface area contributed by atoms with Gasteiger partial charge in [-0.05, 0) is 29.3 Å². The summed E-state index contributed by atoms with van der Waals surface area (Å²) in [4.78, 5) is 16.2. The average Bonchev–Trinajstić information content (AvgIpc) is 3.20. The highest BCUT2D eigenvalue weighted by Gasteiger charge is 2.04. The van der Waals surface area contributed by atoms with Gasteiger partial charge in [0.2, 0.25) is 5.91 Å². The molecule has 1 amide bonds. The Kier molecular flexibility index (Phi) is 4.72. The first-order valence-electron chi connectivity index (χ1n) is 7.19. The molecule has 2 aromatic heterocycles. The Labute approximate surface area is 137 Å². The highest BCUT2D eigenvalue weighted by molar-refractivity contribution is 7.09. The van der Waals surface area contributed by atoms with E-state index in [1.54, 1.807) is 11.3 Å². The first-order chi connectivity index (χ1) is 11.2. The Morgan fingerprint density at radius 3 is 2.78 bits per heavy atom. The Morgan fingerprint density at radius 1 is 1.30 bits per heavy atom. The molecule has 2 heterocycles. The molecule has 0 aliphatic carbocycles. The van der Waals surface area contributed by atoms with Crippen molar-refractivity contribution in [3.8, 4) is 11.3 Å². The molecule has 7 nitrogen and oxygen atoms in total. The molecule has 0 fully saturated rings. The van der Waals surface area contributed by atoms with Gasteiger partial charge in [-0.2, -0.15) is 0 Å². The molecule has 118 valence electrons. The summed E-state index contributed by atoms with van der Waals surface area (Å²) < 4.78 is 1.39. The Bertz CT molecular complexity index is 766. The third-order valence-corrected chi connectivity index (χ3v) is 4.08. The van der Waals surface area contributed by atoms with Crippen molar-refractivity contribution < 1.29 is 4.79 Å². The quantitative estimate of drug-likeness (QED) is 0.740. The fraction of sp³-hybridized carbons (Fsp3) is 0.267. The maximum Gasteiger partial charge on any atom is 0.241 e. The molecule has 23 heavy (non-hydrogen) atoms. The van der Waals surface area contributed by atoms with Crippen molar-refractivity contribution in [3.05, 3.63) is 46.5 Å². The molecule has 3 aromatic rings. The lowest BCUT2D eigenvalue weighted by atomic mass is 10.1. The second-order valence-electron chi connectivity index (χ2n) is 5.06. The molecule has 1 N–H and O–H groups in total. The van der Waals surface area contributed by atoms with Crippen LogP contribution in [0.25, 0.3) is 11.3 Å². The van der Waals surface area contributed by atoms with E-state index in [1.165, 1.54) is 16.6 Å². The number of thiazole rings is 1. The highest BCUT2D eigenvalue weighted by Crippen LogP contribution is 2.21. The zero-order valence-corrected chi connectivity index (χ0v) is 13.5. The average molecular weight is 328 g/mol. The molecule has 1 aromatic carbocycles. The summed E-state index contributed by atoms with van der Waals surface area (Å²) in [6, 6.07) is 8.26. The Hall–Kier alpha value is -2.61. The van der Waals surface area contributed by atoms with E-state index in [0.717, 1.165) is 22.7 Å². The summed E-state index contributed by atoms with van der Waals surface area (Å²) in [6.45, 7) is 2.71. The van der Waals surface area contributed by atoms with Crippen molar-refractivity contribution in [3.63, 3.8) is 0 Å². The van der Waals surface area contributed by atoms with Crippen LogP contribution in [0.3, 0.4) is 0 Å².